The van der Waals surface area contributed by atoms with Gasteiger partial charge in [-0.3, -0.25) is 14.4 Å². The number of nitrogens with zero attached hydrogens (tertiary/aromatic N) is 1. The van der Waals surface area contributed by atoms with Crippen LogP contribution in [0.4, 0.5) is 0 Å². The van der Waals surface area contributed by atoms with Gasteiger partial charge in [-0.2, -0.15) is 0 Å². The van der Waals surface area contributed by atoms with Crippen LogP contribution in [0.2, 0.25) is 0 Å². The molecule has 0 aromatic rings. The van der Waals surface area contributed by atoms with Gasteiger partial charge in [0.2, 0.25) is 5.91 Å². The maximum atomic E-state index is 12.2. The highest BCUT2D eigenvalue weighted by molar-refractivity contribution is 6.01. The van der Waals surface area contributed by atoms with Gasteiger partial charge in [0.1, 0.15) is 86.5 Å². The first-order valence-corrected chi connectivity index (χ1v) is 16.1. The molecule has 0 spiro atoms. The number of carbonyl (C=O) groups excluding carboxylic acids is 4. The van der Waals surface area contributed by atoms with E-state index in [9.17, 15) is 70.2 Å². The molecule has 4 heterocycles. The van der Waals surface area contributed by atoms with Crippen molar-refractivity contribution in [2.45, 2.75) is 105 Å². The molecule has 4 rings (SSSR count). The van der Waals surface area contributed by atoms with Gasteiger partial charge in [0.25, 0.3) is 11.8 Å². The Labute approximate surface area is 293 Å². The van der Waals surface area contributed by atoms with Crippen molar-refractivity contribution in [2.75, 3.05) is 46.2 Å². The Hall–Kier alpha value is -2.60. The lowest BCUT2D eigenvalue weighted by Gasteiger charge is -2.46. The Morgan fingerprint density at radius 3 is 1.81 bits per heavy atom. The van der Waals surface area contributed by atoms with Gasteiger partial charge in [0, 0.05) is 19.4 Å². The zero-order chi connectivity index (χ0) is 38.3. The molecule has 4 fully saturated rings. The second kappa shape index (κ2) is 19.1. The van der Waals surface area contributed by atoms with E-state index < -0.39 is 149 Å². The average Bonchev–Trinajstić information content (AvgIpc) is 3.43. The van der Waals surface area contributed by atoms with Crippen LogP contribution >= 0.6 is 0 Å². The minimum Gasteiger partial charge on any atom is -0.394 e. The van der Waals surface area contributed by atoms with Gasteiger partial charge in [-0.05, 0) is 0 Å². The molecule has 11 N–H and O–H groups in total. The molecule has 0 saturated carbocycles. The summed E-state index contributed by atoms with van der Waals surface area (Å²) in [4.78, 5) is 51.6. The first-order valence-electron chi connectivity index (χ1n) is 16.1. The second-order valence-electron chi connectivity index (χ2n) is 12.1. The maximum Gasteiger partial charge on any atom is 0.358 e. The van der Waals surface area contributed by atoms with E-state index in [1.165, 1.54) is 0 Å². The van der Waals surface area contributed by atoms with E-state index in [4.69, 9.17) is 33.2 Å². The summed E-state index contributed by atoms with van der Waals surface area (Å²) in [6.07, 6.45) is -26.0. The van der Waals surface area contributed by atoms with E-state index in [2.05, 4.69) is 10.2 Å². The average molecular weight is 761 g/mol. The van der Waals surface area contributed by atoms with Crippen molar-refractivity contribution in [1.82, 2.24) is 10.4 Å². The SMILES string of the molecule is O=C(COCC(=O)ON1C(=O)CCC1=O)NCCO[C@H]1O[C@H](COC2O[C@H](CO)[C@@H](O)[C@H](O)[C@@H]2O)[C@@H](O)[C@H](O[C@H]2O[C@H](CO)[C@@H](O)[C@H](O)[C@@H]2O)[C@@H]1O. The summed E-state index contributed by atoms with van der Waals surface area (Å²) in [7, 11) is 0. The molecule has 298 valence electrons. The summed E-state index contributed by atoms with van der Waals surface area (Å²) in [5.74, 6) is -3.25. The highest BCUT2D eigenvalue weighted by Gasteiger charge is 2.52. The minimum absolute atomic E-state index is 0.108. The molecule has 4 aliphatic rings. The van der Waals surface area contributed by atoms with Crippen LogP contribution < -0.4 is 5.32 Å². The summed E-state index contributed by atoms with van der Waals surface area (Å²) >= 11 is 0. The number of aliphatic hydroxyl groups excluding tert-OH is 10. The van der Waals surface area contributed by atoms with Crippen molar-refractivity contribution >= 4 is 23.7 Å². The van der Waals surface area contributed by atoms with Gasteiger partial charge in [-0.1, -0.05) is 0 Å². The number of hydroxylamine groups is 2. The fourth-order valence-electron chi connectivity index (χ4n) is 5.50. The first-order chi connectivity index (χ1) is 24.7. The third-order valence-electron chi connectivity index (χ3n) is 8.41. The fraction of sp³-hybridized carbons (Fsp3) is 0.857. The van der Waals surface area contributed by atoms with Gasteiger partial charge in [0.05, 0.1) is 26.4 Å². The van der Waals surface area contributed by atoms with Crippen molar-refractivity contribution in [2.24, 2.45) is 0 Å². The molecule has 0 aromatic carbocycles. The van der Waals surface area contributed by atoms with Crippen molar-refractivity contribution < 1.29 is 108 Å². The molecule has 15 atom stereocenters. The van der Waals surface area contributed by atoms with Gasteiger partial charge in [-0.25, -0.2) is 4.79 Å². The molecule has 0 bridgehead atoms. The highest BCUT2D eigenvalue weighted by Crippen LogP contribution is 2.31. The molecular weight excluding hydrogens is 716 g/mol. The number of aliphatic hydroxyl groups is 10. The Bertz CT molecular complexity index is 1190. The summed E-state index contributed by atoms with van der Waals surface area (Å²) in [5, 5.41) is 105. The number of carbonyl (C=O) groups is 4. The highest BCUT2D eigenvalue weighted by atomic mass is 16.8. The van der Waals surface area contributed by atoms with Crippen LogP contribution in [0, 0.1) is 0 Å². The van der Waals surface area contributed by atoms with E-state index in [0.717, 1.165) is 0 Å². The van der Waals surface area contributed by atoms with Crippen LogP contribution in [0.3, 0.4) is 0 Å². The number of rotatable bonds is 16. The Balaban J connectivity index is 1.33. The lowest BCUT2D eigenvalue weighted by molar-refractivity contribution is -0.366. The van der Waals surface area contributed by atoms with Gasteiger partial charge in [-0.15, -0.1) is 5.06 Å². The number of hydrogen-bond acceptors (Lipinski definition) is 22. The zero-order valence-electron chi connectivity index (χ0n) is 27.3. The Morgan fingerprint density at radius 2 is 1.21 bits per heavy atom. The largest absolute Gasteiger partial charge is 0.394 e. The van der Waals surface area contributed by atoms with Gasteiger partial charge < -0.3 is 94.4 Å². The normalized spacial score (nSPS) is 39.8. The van der Waals surface area contributed by atoms with Crippen LogP contribution in [-0.4, -0.2) is 218 Å². The van der Waals surface area contributed by atoms with Gasteiger partial charge >= 0.3 is 5.97 Å². The van der Waals surface area contributed by atoms with Crippen LogP contribution in [0.15, 0.2) is 0 Å². The minimum atomic E-state index is -1.94. The molecule has 4 saturated heterocycles. The Morgan fingerprint density at radius 1 is 0.673 bits per heavy atom. The van der Waals surface area contributed by atoms with E-state index in [1.54, 1.807) is 0 Å². The predicted molar refractivity (Wildman–Crippen MR) is 156 cm³/mol. The van der Waals surface area contributed by atoms with Crippen LogP contribution in [0.1, 0.15) is 12.8 Å². The molecule has 24 heteroatoms. The number of imide groups is 1. The molecule has 4 aliphatic heterocycles. The number of nitrogens with one attached hydrogen (secondary N) is 1. The molecule has 52 heavy (non-hydrogen) atoms. The lowest BCUT2D eigenvalue weighted by atomic mass is 9.96. The van der Waals surface area contributed by atoms with Crippen molar-refractivity contribution in [1.29, 1.82) is 0 Å². The van der Waals surface area contributed by atoms with Crippen LogP contribution in [-0.2, 0) is 57.2 Å². The summed E-state index contributed by atoms with van der Waals surface area (Å²) < 4.78 is 37.7. The maximum absolute atomic E-state index is 12.2. The summed E-state index contributed by atoms with van der Waals surface area (Å²) in [6.45, 7) is -4.30. The van der Waals surface area contributed by atoms with Gasteiger partial charge in [0.15, 0.2) is 18.9 Å². The van der Waals surface area contributed by atoms with Crippen LogP contribution in [0.25, 0.3) is 0 Å². The predicted octanol–water partition coefficient (Wildman–Crippen LogP) is -8.81. The molecule has 1 unspecified atom stereocenters. The fourth-order valence-corrected chi connectivity index (χ4v) is 5.50. The lowest BCUT2D eigenvalue weighted by Crippen LogP contribution is -2.65. The molecule has 3 amide bonds. The molecular formula is C28H44N2O22. The third kappa shape index (κ3) is 10.1. The van der Waals surface area contributed by atoms with Crippen LogP contribution in [0.5, 0.6) is 0 Å². The van der Waals surface area contributed by atoms with E-state index in [1.807, 2.05) is 0 Å². The van der Waals surface area contributed by atoms with E-state index >= 15 is 0 Å². The molecule has 0 aliphatic carbocycles. The monoisotopic (exact) mass is 760 g/mol. The van der Waals surface area contributed by atoms with E-state index in [0.29, 0.717) is 5.06 Å². The number of hydrogen-bond donors (Lipinski definition) is 11. The second-order valence-corrected chi connectivity index (χ2v) is 12.1. The van der Waals surface area contributed by atoms with Crippen molar-refractivity contribution in [3.63, 3.8) is 0 Å². The number of amides is 3. The zero-order valence-corrected chi connectivity index (χ0v) is 27.3. The standard InChI is InChI=1S/C28H44N2O22/c31-5-10-17(37)20(40)22(42)26(48-10)47-7-12-19(39)25(51-28-23(43)21(41)18(38)11(6-32)49-28)24(44)27(50-12)46-4-3-29-13(33)8-45-9-16(36)52-30-14(34)1-2-15(30)35/h10-12,17-28,31-32,37-44H,1-9H2,(H,29,33)/t10-,11-,12-,17-,18-,19-,20+,21+,22+,23+,24+,25+,26?,27+,28-/m1/s1. The smallest absolute Gasteiger partial charge is 0.358 e. The molecule has 24 nitrogen and oxygen atoms in total. The summed E-state index contributed by atoms with van der Waals surface area (Å²) in [6, 6.07) is 0. The molecule has 0 radical (unpaired) electrons. The first kappa shape index (κ1) is 42.1. The summed E-state index contributed by atoms with van der Waals surface area (Å²) in [5.41, 5.74) is 0. The quantitative estimate of drug-likeness (QED) is 0.0514. The Kier molecular flexibility index (Phi) is 15.5. The third-order valence-corrected chi connectivity index (χ3v) is 8.41. The topological polar surface area (TPSA) is 360 Å². The number of ether oxygens (including phenoxy) is 7. The molecule has 0 aromatic heterocycles. The van der Waals surface area contributed by atoms with Crippen molar-refractivity contribution in [3.05, 3.63) is 0 Å². The van der Waals surface area contributed by atoms with Crippen molar-refractivity contribution in [3.8, 4) is 0 Å². The van der Waals surface area contributed by atoms with E-state index in [-0.39, 0.29) is 26.0 Å².